The molecular formula is C36H58O4. The lowest BCUT2D eigenvalue weighted by Gasteiger charge is -2.43. The van der Waals surface area contributed by atoms with Gasteiger partial charge in [0.2, 0.25) is 0 Å². The number of hydrogen-bond acceptors (Lipinski definition) is 4. The molecule has 0 amide bonds. The van der Waals surface area contributed by atoms with Gasteiger partial charge in [-0.15, -0.1) is 0 Å². The summed E-state index contributed by atoms with van der Waals surface area (Å²) in [4.78, 5) is 13.2. The summed E-state index contributed by atoms with van der Waals surface area (Å²) in [6.07, 6.45) is 21.1. The molecule has 0 aromatic carbocycles. The van der Waals surface area contributed by atoms with E-state index in [2.05, 4.69) is 39.5 Å². The molecule has 4 heteroatoms. The van der Waals surface area contributed by atoms with Gasteiger partial charge in [0, 0.05) is 18.8 Å². The van der Waals surface area contributed by atoms with Crippen molar-refractivity contribution in [1.82, 2.24) is 0 Å². The van der Waals surface area contributed by atoms with Crippen LogP contribution in [0.15, 0.2) is 35.5 Å². The molecule has 0 aromatic heterocycles. The molecule has 4 fully saturated rings. The zero-order chi connectivity index (χ0) is 28.9. The summed E-state index contributed by atoms with van der Waals surface area (Å²) < 4.78 is 0. The van der Waals surface area contributed by atoms with Crippen molar-refractivity contribution in [2.75, 3.05) is 0 Å². The Bertz CT molecular complexity index is 942. The molecule has 3 N–H and O–H groups in total. The van der Waals surface area contributed by atoms with Crippen LogP contribution in [0.25, 0.3) is 0 Å². The number of hydrogen-bond donors (Lipinski definition) is 3. The van der Waals surface area contributed by atoms with Crippen LogP contribution in [-0.2, 0) is 4.79 Å². The fourth-order valence-corrected chi connectivity index (χ4v) is 8.52. The van der Waals surface area contributed by atoms with E-state index in [1.807, 2.05) is 0 Å². The molecule has 4 aliphatic carbocycles. The van der Waals surface area contributed by atoms with Crippen LogP contribution in [0.2, 0.25) is 0 Å². The molecule has 0 aromatic rings. The standard InChI is InChI=1S/C36H58O4/c1-5-6-7-8-9-12-33(39)32(35(3)20-21-35)18-16-29(37)23-28-15-17-31-26(11-10-19-36(28,31)4)13-14-27-22-30(38)24-34(40)25(27)2/h13-14,28-32,34,37-38,40H,2,5-12,15-24H2,1,3-4H3/b26-13-,27-14+. The molecule has 0 saturated heterocycles. The third-order valence-electron chi connectivity index (χ3n) is 11.6. The molecule has 0 aliphatic heterocycles. The first-order valence-electron chi connectivity index (χ1n) is 16.7. The number of rotatable bonds is 14. The monoisotopic (exact) mass is 554 g/mol. The van der Waals surface area contributed by atoms with E-state index in [9.17, 15) is 20.1 Å². The molecular weight excluding hydrogens is 496 g/mol. The molecule has 4 aliphatic rings. The zero-order valence-electron chi connectivity index (χ0n) is 25.8. The van der Waals surface area contributed by atoms with E-state index in [0.29, 0.717) is 30.5 Å². The summed E-state index contributed by atoms with van der Waals surface area (Å²) in [5.74, 6) is 1.63. The number of aliphatic hydroxyl groups excluding tert-OH is 3. The first-order valence-corrected chi connectivity index (χ1v) is 16.7. The van der Waals surface area contributed by atoms with Gasteiger partial charge in [-0.05, 0) is 111 Å². The molecule has 4 saturated carbocycles. The molecule has 0 radical (unpaired) electrons. The number of allylic oxidation sites excluding steroid dienone is 3. The highest BCUT2D eigenvalue weighted by molar-refractivity contribution is 5.82. The average molecular weight is 555 g/mol. The number of unbranched alkanes of at least 4 members (excludes halogenated alkanes) is 4. The van der Waals surface area contributed by atoms with Crippen molar-refractivity contribution in [3.05, 3.63) is 35.5 Å². The number of aliphatic hydroxyl groups is 3. The average Bonchev–Trinajstić information content (AvgIpc) is 3.56. The summed E-state index contributed by atoms with van der Waals surface area (Å²) in [6.45, 7) is 11.0. The van der Waals surface area contributed by atoms with Gasteiger partial charge < -0.3 is 15.3 Å². The number of carbonyl (C=O) groups excluding carboxylic acids is 1. The molecule has 0 bridgehead atoms. The Morgan fingerprint density at radius 1 is 1.05 bits per heavy atom. The van der Waals surface area contributed by atoms with Gasteiger partial charge in [-0.1, -0.05) is 70.8 Å². The Morgan fingerprint density at radius 2 is 1.80 bits per heavy atom. The van der Waals surface area contributed by atoms with Crippen LogP contribution in [-0.4, -0.2) is 39.4 Å². The Kier molecular flexibility index (Phi) is 11.0. The van der Waals surface area contributed by atoms with E-state index in [0.717, 1.165) is 68.9 Å². The van der Waals surface area contributed by atoms with Crippen molar-refractivity contribution in [2.24, 2.45) is 28.6 Å². The molecule has 0 spiro atoms. The predicted molar refractivity (Wildman–Crippen MR) is 164 cm³/mol. The quantitative estimate of drug-likeness (QED) is 0.190. The normalized spacial score (nSPS) is 35.1. The van der Waals surface area contributed by atoms with Crippen LogP contribution >= 0.6 is 0 Å². The summed E-state index contributed by atoms with van der Waals surface area (Å²) in [6, 6.07) is 0. The molecule has 7 atom stereocenters. The van der Waals surface area contributed by atoms with Gasteiger partial charge in [-0.25, -0.2) is 0 Å². The van der Waals surface area contributed by atoms with Crippen molar-refractivity contribution in [1.29, 1.82) is 0 Å². The number of fused-ring (bicyclic) bond motifs is 1. The van der Waals surface area contributed by atoms with Crippen molar-refractivity contribution in [3.8, 4) is 0 Å². The number of ketones is 1. The lowest BCUT2D eigenvalue weighted by atomic mass is 9.62. The van der Waals surface area contributed by atoms with Crippen molar-refractivity contribution in [3.63, 3.8) is 0 Å². The maximum absolute atomic E-state index is 13.2. The molecule has 7 unspecified atom stereocenters. The van der Waals surface area contributed by atoms with Gasteiger partial charge in [0.15, 0.2) is 0 Å². The van der Waals surface area contributed by atoms with Crippen molar-refractivity contribution in [2.45, 2.75) is 155 Å². The maximum atomic E-state index is 13.2. The van der Waals surface area contributed by atoms with E-state index in [1.165, 1.54) is 50.5 Å². The third kappa shape index (κ3) is 7.58. The second kappa shape index (κ2) is 13.8. The van der Waals surface area contributed by atoms with Gasteiger partial charge in [0.25, 0.3) is 0 Å². The lowest BCUT2D eigenvalue weighted by Crippen LogP contribution is -2.35. The minimum absolute atomic E-state index is 0.129. The van der Waals surface area contributed by atoms with Crippen LogP contribution in [0.5, 0.6) is 0 Å². The third-order valence-corrected chi connectivity index (χ3v) is 11.6. The fraction of sp³-hybridized carbons (Fsp3) is 0.806. The molecule has 4 nitrogen and oxygen atoms in total. The summed E-state index contributed by atoms with van der Waals surface area (Å²) >= 11 is 0. The molecule has 4 rings (SSSR count). The Hall–Kier alpha value is -1.23. The van der Waals surface area contributed by atoms with Crippen LogP contribution in [0.4, 0.5) is 0 Å². The smallest absolute Gasteiger partial charge is 0.136 e. The lowest BCUT2D eigenvalue weighted by molar-refractivity contribution is -0.125. The van der Waals surface area contributed by atoms with E-state index in [1.54, 1.807) is 0 Å². The van der Waals surface area contributed by atoms with Crippen LogP contribution in [0.1, 0.15) is 136 Å². The highest BCUT2D eigenvalue weighted by Gasteiger charge is 2.50. The highest BCUT2D eigenvalue weighted by atomic mass is 16.3. The maximum Gasteiger partial charge on any atom is 0.136 e. The topological polar surface area (TPSA) is 77.8 Å². The second-order valence-electron chi connectivity index (χ2n) is 14.6. The van der Waals surface area contributed by atoms with Crippen LogP contribution in [0, 0.1) is 28.6 Å². The molecule has 226 valence electrons. The Morgan fingerprint density at radius 3 is 2.52 bits per heavy atom. The van der Waals surface area contributed by atoms with E-state index >= 15 is 0 Å². The van der Waals surface area contributed by atoms with E-state index < -0.39 is 12.2 Å². The fourth-order valence-electron chi connectivity index (χ4n) is 8.52. The summed E-state index contributed by atoms with van der Waals surface area (Å²) in [7, 11) is 0. The number of carbonyl (C=O) groups is 1. The second-order valence-corrected chi connectivity index (χ2v) is 14.6. The van der Waals surface area contributed by atoms with E-state index in [4.69, 9.17) is 0 Å². The predicted octanol–water partition coefficient (Wildman–Crippen LogP) is 8.00. The molecule has 0 heterocycles. The SMILES string of the molecule is C=C1/C(=C/C=C2/CCCC3(C)C(CC(O)CCC(C(=O)CCCCCCC)C4(C)CC4)CCC23)CC(O)CC1O. The summed E-state index contributed by atoms with van der Waals surface area (Å²) in [5, 5.41) is 31.6. The van der Waals surface area contributed by atoms with E-state index in [-0.39, 0.29) is 22.9 Å². The molecule has 40 heavy (non-hydrogen) atoms. The first-order chi connectivity index (χ1) is 19.1. The minimum atomic E-state index is -0.648. The highest BCUT2D eigenvalue weighted by Crippen LogP contribution is 2.59. The zero-order valence-corrected chi connectivity index (χ0v) is 25.8. The van der Waals surface area contributed by atoms with Crippen LogP contribution in [0.3, 0.4) is 0 Å². The van der Waals surface area contributed by atoms with Gasteiger partial charge in [-0.3, -0.25) is 4.79 Å². The van der Waals surface area contributed by atoms with Gasteiger partial charge >= 0.3 is 0 Å². The van der Waals surface area contributed by atoms with Gasteiger partial charge in [0.1, 0.15) is 5.78 Å². The van der Waals surface area contributed by atoms with Gasteiger partial charge in [-0.2, -0.15) is 0 Å². The Balaban J connectivity index is 1.32. The minimum Gasteiger partial charge on any atom is -0.393 e. The number of Topliss-reactive ketones (excluding diaryl/α,β-unsaturated/α-hetero) is 1. The van der Waals surface area contributed by atoms with Crippen LogP contribution < -0.4 is 0 Å². The van der Waals surface area contributed by atoms with Gasteiger partial charge in [0.05, 0.1) is 18.3 Å². The van der Waals surface area contributed by atoms with Crippen molar-refractivity contribution >= 4 is 5.78 Å². The van der Waals surface area contributed by atoms with Crippen molar-refractivity contribution < 1.29 is 20.1 Å². The summed E-state index contributed by atoms with van der Waals surface area (Å²) in [5.41, 5.74) is 3.61. The first kappa shape index (κ1) is 31.7. The largest absolute Gasteiger partial charge is 0.393 e. The Labute approximate surface area is 244 Å².